The molecule has 0 aliphatic carbocycles. The molecule has 7 nitrogen and oxygen atoms in total. The van der Waals surface area contributed by atoms with E-state index in [0.717, 1.165) is 0 Å². The Kier molecular flexibility index (Phi) is 3.85. The smallest absolute Gasteiger partial charge is 0.242 e. The van der Waals surface area contributed by atoms with Crippen LogP contribution in [-0.2, 0) is 14.8 Å². The summed E-state index contributed by atoms with van der Waals surface area (Å²) in [5.41, 5.74) is 11.4. The van der Waals surface area contributed by atoms with Crippen molar-refractivity contribution in [2.75, 3.05) is 30.8 Å². The summed E-state index contributed by atoms with van der Waals surface area (Å²) in [7, 11) is -2.29. The predicted molar refractivity (Wildman–Crippen MR) is 81.2 cm³/mol. The summed E-state index contributed by atoms with van der Waals surface area (Å²) in [6.45, 7) is 2.74. The van der Waals surface area contributed by atoms with Crippen LogP contribution in [0.25, 0.3) is 0 Å². The van der Waals surface area contributed by atoms with Gasteiger partial charge in [-0.2, -0.15) is 0 Å². The number of nitrogens with two attached hydrogens (primary N) is 2. The van der Waals surface area contributed by atoms with Crippen molar-refractivity contribution in [1.82, 2.24) is 4.72 Å². The highest BCUT2D eigenvalue weighted by atomic mass is 32.2. The van der Waals surface area contributed by atoms with Crippen molar-refractivity contribution in [3.8, 4) is 0 Å². The third kappa shape index (κ3) is 2.81. The molecule has 0 saturated carbocycles. The van der Waals surface area contributed by atoms with Crippen molar-refractivity contribution < 1.29 is 13.2 Å². The van der Waals surface area contributed by atoms with Crippen molar-refractivity contribution in [3.63, 3.8) is 0 Å². The highest BCUT2D eigenvalue weighted by molar-refractivity contribution is 7.89. The molecule has 1 aromatic carbocycles. The Morgan fingerprint density at radius 1 is 1.43 bits per heavy atom. The number of carbonyl (C=O) groups excluding carboxylic acids is 1. The maximum Gasteiger partial charge on any atom is 0.242 e. The summed E-state index contributed by atoms with van der Waals surface area (Å²) in [5, 5.41) is 0. The standard InChI is InChI=1S/C13H20N4O3S/c1-13(12(15)18)5-6-17(8-13)10-4-3-9(14)7-11(10)21(19,20)16-2/h3-4,7,16H,5-6,8,14H2,1-2H3,(H2,15,18). The van der Waals surface area contributed by atoms with Crippen LogP contribution < -0.4 is 21.1 Å². The molecule has 21 heavy (non-hydrogen) atoms. The monoisotopic (exact) mass is 312 g/mol. The summed E-state index contributed by atoms with van der Waals surface area (Å²) in [6, 6.07) is 4.72. The minimum Gasteiger partial charge on any atom is -0.399 e. The van der Waals surface area contributed by atoms with E-state index in [9.17, 15) is 13.2 Å². The highest BCUT2D eigenvalue weighted by Gasteiger charge is 2.40. The van der Waals surface area contributed by atoms with Gasteiger partial charge in [-0.3, -0.25) is 4.79 Å². The lowest BCUT2D eigenvalue weighted by Crippen LogP contribution is -2.37. The van der Waals surface area contributed by atoms with Crippen LogP contribution in [0.3, 0.4) is 0 Å². The largest absolute Gasteiger partial charge is 0.399 e. The predicted octanol–water partition coefficient (Wildman–Crippen LogP) is -0.121. The van der Waals surface area contributed by atoms with Gasteiger partial charge in [0.15, 0.2) is 0 Å². The van der Waals surface area contributed by atoms with Crippen molar-refractivity contribution in [1.29, 1.82) is 0 Å². The van der Waals surface area contributed by atoms with Gasteiger partial charge in [0.1, 0.15) is 4.90 Å². The molecule has 1 amide bonds. The molecule has 1 aromatic rings. The lowest BCUT2D eigenvalue weighted by molar-refractivity contribution is -0.125. The van der Waals surface area contributed by atoms with Crippen LogP contribution in [0.1, 0.15) is 13.3 Å². The van der Waals surface area contributed by atoms with E-state index in [1.54, 1.807) is 19.1 Å². The van der Waals surface area contributed by atoms with E-state index in [1.807, 2.05) is 4.90 Å². The van der Waals surface area contributed by atoms with E-state index in [4.69, 9.17) is 11.5 Å². The molecule has 1 heterocycles. The Bertz CT molecular complexity index is 674. The Morgan fingerprint density at radius 2 is 2.10 bits per heavy atom. The maximum absolute atomic E-state index is 12.1. The SMILES string of the molecule is CNS(=O)(=O)c1cc(N)ccc1N1CCC(C)(C(N)=O)C1. The number of rotatable bonds is 4. The fourth-order valence-electron chi connectivity index (χ4n) is 2.48. The second-order valence-electron chi connectivity index (χ2n) is 5.53. The molecule has 1 saturated heterocycles. The molecule has 8 heteroatoms. The maximum atomic E-state index is 12.1. The van der Waals surface area contributed by atoms with Crippen LogP contribution in [0.15, 0.2) is 23.1 Å². The van der Waals surface area contributed by atoms with Gasteiger partial charge in [-0.15, -0.1) is 0 Å². The normalized spacial score (nSPS) is 22.5. The number of hydrogen-bond acceptors (Lipinski definition) is 5. The summed E-state index contributed by atoms with van der Waals surface area (Å²) in [6.07, 6.45) is 0.589. The average Bonchev–Trinajstić information content (AvgIpc) is 2.82. The number of hydrogen-bond donors (Lipinski definition) is 3. The van der Waals surface area contributed by atoms with Crippen LogP contribution >= 0.6 is 0 Å². The number of amides is 1. The van der Waals surface area contributed by atoms with Gasteiger partial charge in [-0.25, -0.2) is 13.1 Å². The van der Waals surface area contributed by atoms with E-state index in [0.29, 0.717) is 30.9 Å². The molecule has 0 aromatic heterocycles. The van der Waals surface area contributed by atoms with Gasteiger partial charge in [0.05, 0.1) is 11.1 Å². The summed E-state index contributed by atoms with van der Waals surface area (Å²) < 4.78 is 26.6. The zero-order valence-corrected chi connectivity index (χ0v) is 12.9. The molecular weight excluding hydrogens is 292 g/mol. The van der Waals surface area contributed by atoms with E-state index in [2.05, 4.69) is 4.72 Å². The van der Waals surface area contributed by atoms with Gasteiger partial charge < -0.3 is 16.4 Å². The Hall–Kier alpha value is -1.80. The van der Waals surface area contributed by atoms with Gasteiger partial charge >= 0.3 is 0 Å². The van der Waals surface area contributed by atoms with Gasteiger partial charge in [-0.05, 0) is 38.6 Å². The molecule has 0 spiro atoms. The lowest BCUT2D eigenvalue weighted by Gasteiger charge is -2.24. The molecular formula is C13H20N4O3S. The van der Waals surface area contributed by atoms with Gasteiger partial charge in [-0.1, -0.05) is 0 Å². The molecule has 1 aliphatic rings. The fourth-order valence-corrected chi connectivity index (χ4v) is 3.47. The van der Waals surface area contributed by atoms with Crippen molar-refractivity contribution in [3.05, 3.63) is 18.2 Å². The van der Waals surface area contributed by atoms with Gasteiger partial charge in [0.25, 0.3) is 0 Å². The van der Waals surface area contributed by atoms with Crippen molar-refractivity contribution >= 4 is 27.3 Å². The third-order valence-corrected chi connectivity index (χ3v) is 5.39. The van der Waals surface area contributed by atoms with Crippen LogP contribution in [0.5, 0.6) is 0 Å². The van der Waals surface area contributed by atoms with E-state index < -0.39 is 15.4 Å². The number of carbonyl (C=O) groups is 1. The van der Waals surface area contributed by atoms with Crippen LogP contribution in [0.2, 0.25) is 0 Å². The fraction of sp³-hybridized carbons (Fsp3) is 0.462. The van der Waals surface area contributed by atoms with Gasteiger partial charge in [0, 0.05) is 18.8 Å². The average molecular weight is 312 g/mol. The molecule has 1 fully saturated rings. The number of nitrogens with zero attached hydrogens (tertiary/aromatic N) is 1. The zero-order valence-electron chi connectivity index (χ0n) is 12.1. The first kappa shape index (κ1) is 15.6. The minimum atomic E-state index is -3.63. The Balaban J connectivity index is 2.45. The van der Waals surface area contributed by atoms with Crippen LogP contribution in [0.4, 0.5) is 11.4 Å². The number of nitrogens with one attached hydrogen (secondary N) is 1. The topological polar surface area (TPSA) is 119 Å². The number of anilines is 2. The van der Waals surface area contributed by atoms with Crippen molar-refractivity contribution in [2.45, 2.75) is 18.2 Å². The van der Waals surface area contributed by atoms with E-state index in [-0.39, 0.29) is 10.8 Å². The summed E-state index contributed by atoms with van der Waals surface area (Å²) >= 11 is 0. The van der Waals surface area contributed by atoms with Crippen molar-refractivity contribution in [2.24, 2.45) is 11.1 Å². The number of sulfonamides is 1. The minimum absolute atomic E-state index is 0.110. The van der Waals surface area contributed by atoms with Crippen LogP contribution in [-0.4, -0.2) is 34.5 Å². The molecule has 0 radical (unpaired) electrons. The number of benzene rings is 1. The zero-order chi connectivity index (χ0) is 15.8. The molecule has 2 rings (SSSR count). The first-order chi connectivity index (χ1) is 9.69. The molecule has 116 valence electrons. The molecule has 1 atom stereocenters. The Labute approximate surface area is 124 Å². The highest BCUT2D eigenvalue weighted by Crippen LogP contribution is 2.36. The van der Waals surface area contributed by atoms with E-state index >= 15 is 0 Å². The first-order valence-electron chi connectivity index (χ1n) is 6.57. The molecule has 5 N–H and O–H groups in total. The molecule has 1 aliphatic heterocycles. The summed E-state index contributed by atoms with van der Waals surface area (Å²) in [5.74, 6) is -0.376. The van der Waals surface area contributed by atoms with Crippen LogP contribution in [0, 0.1) is 5.41 Å². The Morgan fingerprint density at radius 3 is 2.62 bits per heavy atom. The number of primary amides is 1. The summed E-state index contributed by atoms with van der Waals surface area (Å²) in [4.78, 5) is 13.5. The molecule has 0 bridgehead atoms. The molecule has 1 unspecified atom stereocenters. The second kappa shape index (κ2) is 5.19. The lowest BCUT2D eigenvalue weighted by atomic mass is 9.89. The van der Waals surface area contributed by atoms with E-state index in [1.165, 1.54) is 13.1 Å². The quantitative estimate of drug-likeness (QED) is 0.670. The van der Waals surface area contributed by atoms with Gasteiger partial charge in [0.2, 0.25) is 15.9 Å². The number of nitrogen functional groups attached to an aromatic ring is 1. The second-order valence-corrected chi connectivity index (χ2v) is 7.39. The first-order valence-corrected chi connectivity index (χ1v) is 8.06. The third-order valence-electron chi connectivity index (χ3n) is 3.95.